The number of aromatic carboxylic acids is 1. The number of rotatable bonds is 5. The van der Waals surface area contributed by atoms with Crippen molar-refractivity contribution in [1.82, 2.24) is 0 Å². The van der Waals surface area contributed by atoms with Gasteiger partial charge in [-0.05, 0) is 40.9 Å². The third-order valence-corrected chi connectivity index (χ3v) is 3.02. The van der Waals surface area contributed by atoms with Crippen molar-refractivity contribution in [3.8, 4) is 5.75 Å². The Kier molecular flexibility index (Phi) is 4.80. The van der Waals surface area contributed by atoms with Crippen molar-refractivity contribution in [1.29, 1.82) is 0 Å². The molecular formula is C12H15BrO3. The van der Waals surface area contributed by atoms with E-state index < -0.39 is 5.97 Å². The first kappa shape index (κ1) is 13.0. The number of carbonyl (C=O) groups is 1. The highest BCUT2D eigenvalue weighted by atomic mass is 79.9. The lowest BCUT2D eigenvalue weighted by Crippen LogP contribution is -2.16. The summed E-state index contributed by atoms with van der Waals surface area (Å²) >= 11 is 3.31. The molecule has 0 radical (unpaired) electrons. The molecule has 1 rings (SSSR count). The van der Waals surface area contributed by atoms with E-state index in [9.17, 15) is 4.79 Å². The lowest BCUT2D eigenvalue weighted by Gasteiger charge is -2.18. The summed E-state index contributed by atoms with van der Waals surface area (Å²) < 4.78 is 6.39. The Morgan fingerprint density at radius 1 is 1.44 bits per heavy atom. The Labute approximate surface area is 104 Å². The smallest absolute Gasteiger partial charge is 0.339 e. The van der Waals surface area contributed by atoms with Gasteiger partial charge >= 0.3 is 5.97 Å². The Morgan fingerprint density at radius 3 is 2.56 bits per heavy atom. The first-order chi connectivity index (χ1) is 7.60. The molecule has 1 aromatic rings. The van der Waals surface area contributed by atoms with Crippen LogP contribution in [0.25, 0.3) is 0 Å². The topological polar surface area (TPSA) is 46.5 Å². The van der Waals surface area contributed by atoms with E-state index in [2.05, 4.69) is 15.9 Å². The number of halogens is 1. The molecule has 1 aromatic carbocycles. The standard InChI is InChI=1S/C12H15BrO3/c1-3-8(4-2)16-11-9(12(14)15)6-5-7-10(11)13/h5-8H,3-4H2,1-2H3,(H,14,15). The van der Waals surface area contributed by atoms with Gasteiger partial charge in [-0.1, -0.05) is 19.9 Å². The summed E-state index contributed by atoms with van der Waals surface area (Å²) in [5.41, 5.74) is 0.196. The minimum absolute atomic E-state index is 0.0526. The van der Waals surface area contributed by atoms with E-state index in [4.69, 9.17) is 9.84 Å². The number of para-hydroxylation sites is 1. The molecule has 0 bridgehead atoms. The van der Waals surface area contributed by atoms with Crippen LogP contribution < -0.4 is 4.74 Å². The maximum Gasteiger partial charge on any atom is 0.339 e. The van der Waals surface area contributed by atoms with Gasteiger partial charge in [0.1, 0.15) is 11.3 Å². The van der Waals surface area contributed by atoms with Crippen LogP contribution in [-0.2, 0) is 0 Å². The third kappa shape index (κ3) is 2.98. The molecule has 0 spiro atoms. The van der Waals surface area contributed by atoms with Crippen LogP contribution in [0.2, 0.25) is 0 Å². The molecule has 16 heavy (non-hydrogen) atoms. The van der Waals surface area contributed by atoms with Gasteiger partial charge in [0.2, 0.25) is 0 Å². The summed E-state index contributed by atoms with van der Waals surface area (Å²) in [6, 6.07) is 5.02. The van der Waals surface area contributed by atoms with E-state index in [0.717, 1.165) is 12.8 Å². The predicted octanol–water partition coefficient (Wildman–Crippen LogP) is 3.71. The average molecular weight is 287 g/mol. The van der Waals surface area contributed by atoms with Crippen LogP contribution in [0.4, 0.5) is 0 Å². The van der Waals surface area contributed by atoms with Gasteiger partial charge in [-0.15, -0.1) is 0 Å². The molecule has 0 heterocycles. The van der Waals surface area contributed by atoms with Crippen LogP contribution >= 0.6 is 15.9 Å². The molecule has 0 aliphatic carbocycles. The number of benzene rings is 1. The lowest BCUT2D eigenvalue weighted by atomic mass is 10.2. The van der Waals surface area contributed by atoms with Crippen molar-refractivity contribution in [2.24, 2.45) is 0 Å². The first-order valence-corrected chi connectivity index (χ1v) is 6.07. The minimum Gasteiger partial charge on any atom is -0.488 e. The fourth-order valence-electron chi connectivity index (χ4n) is 1.42. The van der Waals surface area contributed by atoms with E-state index in [1.807, 2.05) is 13.8 Å². The molecule has 0 aliphatic rings. The number of hydrogen-bond donors (Lipinski definition) is 1. The molecule has 0 amide bonds. The zero-order chi connectivity index (χ0) is 12.1. The molecule has 4 heteroatoms. The van der Waals surface area contributed by atoms with E-state index in [-0.39, 0.29) is 11.7 Å². The van der Waals surface area contributed by atoms with Crippen molar-refractivity contribution >= 4 is 21.9 Å². The average Bonchev–Trinajstić information content (AvgIpc) is 2.27. The summed E-state index contributed by atoms with van der Waals surface area (Å²) in [5.74, 6) is -0.550. The molecule has 0 fully saturated rings. The fourth-order valence-corrected chi connectivity index (χ4v) is 1.88. The van der Waals surface area contributed by atoms with Gasteiger partial charge < -0.3 is 9.84 Å². The number of hydrogen-bond acceptors (Lipinski definition) is 2. The maximum atomic E-state index is 11.0. The van der Waals surface area contributed by atoms with Crippen molar-refractivity contribution in [2.75, 3.05) is 0 Å². The second kappa shape index (κ2) is 5.89. The SMILES string of the molecule is CCC(CC)Oc1c(Br)cccc1C(=O)O. The van der Waals surface area contributed by atoms with Crippen LogP contribution in [0.3, 0.4) is 0 Å². The van der Waals surface area contributed by atoms with Crippen molar-refractivity contribution in [3.63, 3.8) is 0 Å². The highest BCUT2D eigenvalue weighted by Gasteiger charge is 2.16. The largest absolute Gasteiger partial charge is 0.488 e. The summed E-state index contributed by atoms with van der Waals surface area (Å²) in [6.07, 6.45) is 1.77. The van der Waals surface area contributed by atoms with E-state index in [1.165, 1.54) is 0 Å². The number of carboxylic acid groups (broad SMARTS) is 1. The second-order valence-electron chi connectivity index (χ2n) is 3.48. The molecule has 0 unspecified atom stereocenters. The molecule has 0 saturated carbocycles. The fraction of sp³-hybridized carbons (Fsp3) is 0.417. The number of ether oxygens (including phenoxy) is 1. The molecule has 0 aromatic heterocycles. The molecule has 0 saturated heterocycles. The highest BCUT2D eigenvalue weighted by Crippen LogP contribution is 2.30. The molecule has 0 atom stereocenters. The maximum absolute atomic E-state index is 11.0. The van der Waals surface area contributed by atoms with Gasteiger partial charge in [-0.2, -0.15) is 0 Å². The minimum atomic E-state index is -0.970. The van der Waals surface area contributed by atoms with Gasteiger partial charge in [0.15, 0.2) is 0 Å². The van der Waals surface area contributed by atoms with Crippen LogP contribution in [0, 0.1) is 0 Å². The van der Waals surface area contributed by atoms with Crippen LogP contribution in [0.1, 0.15) is 37.0 Å². The Morgan fingerprint density at radius 2 is 2.06 bits per heavy atom. The Balaban J connectivity index is 3.05. The van der Waals surface area contributed by atoms with Crippen molar-refractivity contribution in [2.45, 2.75) is 32.8 Å². The monoisotopic (exact) mass is 286 g/mol. The van der Waals surface area contributed by atoms with Crippen molar-refractivity contribution < 1.29 is 14.6 Å². The summed E-state index contributed by atoms with van der Waals surface area (Å²) in [6.45, 7) is 4.04. The molecule has 88 valence electrons. The Bertz CT molecular complexity index is 373. The van der Waals surface area contributed by atoms with Gasteiger partial charge in [0.05, 0.1) is 10.6 Å². The van der Waals surface area contributed by atoms with E-state index in [1.54, 1.807) is 18.2 Å². The lowest BCUT2D eigenvalue weighted by molar-refractivity contribution is 0.0688. The normalized spacial score (nSPS) is 10.5. The van der Waals surface area contributed by atoms with Gasteiger partial charge in [-0.25, -0.2) is 4.79 Å². The van der Waals surface area contributed by atoms with E-state index >= 15 is 0 Å². The predicted molar refractivity (Wildman–Crippen MR) is 66.1 cm³/mol. The van der Waals surface area contributed by atoms with Gasteiger partial charge in [0.25, 0.3) is 0 Å². The van der Waals surface area contributed by atoms with Crippen LogP contribution in [0.15, 0.2) is 22.7 Å². The summed E-state index contributed by atoms with van der Waals surface area (Å²) in [5, 5.41) is 9.05. The first-order valence-electron chi connectivity index (χ1n) is 5.28. The molecule has 3 nitrogen and oxygen atoms in total. The molecule has 1 N–H and O–H groups in total. The number of carboxylic acids is 1. The second-order valence-corrected chi connectivity index (χ2v) is 4.33. The Hall–Kier alpha value is -1.03. The molecule has 0 aliphatic heterocycles. The van der Waals surface area contributed by atoms with E-state index in [0.29, 0.717) is 10.2 Å². The van der Waals surface area contributed by atoms with Gasteiger partial charge in [0, 0.05) is 0 Å². The summed E-state index contributed by atoms with van der Waals surface area (Å²) in [7, 11) is 0. The van der Waals surface area contributed by atoms with Crippen LogP contribution in [0.5, 0.6) is 5.75 Å². The van der Waals surface area contributed by atoms with Gasteiger partial charge in [-0.3, -0.25) is 0 Å². The summed E-state index contributed by atoms with van der Waals surface area (Å²) in [4.78, 5) is 11.0. The quantitative estimate of drug-likeness (QED) is 0.897. The molecular weight excluding hydrogens is 272 g/mol. The zero-order valence-electron chi connectivity index (χ0n) is 9.37. The third-order valence-electron chi connectivity index (χ3n) is 2.39. The highest BCUT2D eigenvalue weighted by molar-refractivity contribution is 9.10. The van der Waals surface area contributed by atoms with Crippen molar-refractivity contribution in [3.05, 3.63) is 28.2 Å². The van der Waals surface area contributed by atoms with Crippen LogP contribution in [-0.4, -0.2) is 17.2 Å². The zero-order valence-corrected chi connectivity index (χ0v) is 11.0.